The van der Waals surface area contributed by atoms with E-state index in [0.717, 1.165) is 25.8 Å². The second-order valence-corrected chi connectivity index (χ2v) is 4.87. The molecule has 1 aromatic rings. The zero-order chi connectivity index (χ0) is 15.5. The topological polar surface area (TPSA) is 80.1 Å². The molecule has 2 N–H and O–H groups in total. The Kier molecular flexibility index (Phi) is 4.61. The smallest absolute Gasteiger partial charge is 0.378 e. The summed E-state index contributed by atoms with van der Waals surface area (Å²) in [7, 11) is 0. The molecule has 1 saturated heterocycles. The van der Waals surface area contributed by atoms with E-state index in [2.05, 4.69) is 15.6 Å². The van der Waals surface area contributed by atoms with Crippen LogP contribution < -0.4 is 10.6 Å². The van der Waals surface area contributed by atoms with Gasteiger partial charge in [-0.3, -0.25) is 10.1 Å². The van der Waals surface area contributed by atoms with E-state index in [4.69, 9.17) is 0 Å². The molecule has 2 rings (SSSR count). The first-order valence-corrected chi connectivity index (χ1v) is 6.57. The lowest BCUT2D eigenvalue weighted by molar-refractivity contribution is -0.384. The van der Waals surface area contributed by atoms with Gasteiger partial charge in [0.05, 0.1) is 4.92 Å². The molecular formula is C12H15F3N4O2. The number of nitro groups is 1. The van der Waals surface area contributed by atoms with Crippen LogP contribution in [0.15, 0.2) is 12.3 Å². The van der Waals surface area contributed by atoms with Crippen LogP contribution in [0.25, 0.3) is 0 Å². The van der Waals surface area contributed by atoms with E-state index in [1.807, 2.05) is 0 Å². The van der Waals surface area contributed by atoms with Crippen LogP contribution in [-0.4, -0.2) is 29.0 Å². The maximum atomic E-state index is 12.6. The Morgan fingerprint density at radius 2 is 2.24 bits per heavy atom. The molecule has 2 heterocycles. The lowest BCUT2D eigenvalue weighted by atomic mass is 10.1. The van der Waals surface area contributed by atoms with Gasteiger partial charge < -0.3 is 10.6 Å². The van der Waals surface area contributed by atoms with E-state index in [-0.39, 0.29) is 11.7 Å². The van der Waals surface area contributed by atoms with Gasteiger partial charge in [0.25, 0.3) is 0 Å². The van der Waals surface area contributed by atoms with Crippen molar-refractivity contribution in [3.05, 3.63) is 28.1 Å². The van der Waals surface area contributed by atoms with Gasteiger partial charge >= 0.3 is 11.9 Å². The molecule has 1 fully saturated rings. The first kappa shape index (κ1) is 15.5. The van der Waals surface area contributed by atoms with Crippen LogP contribution in [0.4, 0.5) is 24.5 Å². The van der Waals surface area contributed by atoms with Crippen molar-refractivity contribution in [2.24, 2.45) is 0 Å². The van der Waals surface area contributed by atoms with Gasteiger partial charge in [0, 0.05) is 12.6 Å². The van der Waals surface area contributed by atoms with E-state index in [1.54, 1.807) is 0 Å². The van der Waals surface area contributed by atoms with Crippen molar-refractivity contribution in [3.63, 3.8) is 0 Å². The summed E-state index contributed by atoms with van der Waals surface area (Å²) in [5.41, 5.74) is -1.76. The molecule has 0 spiro atoms. The number of alkyl halides is 3. The predicted molar refractivity (Wildman–Crippen MR) is 70.0 cm³/mol. The first-order chi connectivity index (χ1) is 9.88. The third-order valence-corrected chi connectivity index (χ3v) is 3.32. The summed E-state index contributed by atoms with van der Waals surface area (Å²) < 4.78 is 37.9. The summed E-state index contributed by atoms with van der Waals surface area (Å²) in [4.78, 5) is 13.2. The van der Waals surface area contributed by atoms with Crippen molar-refractivity contribution in [1.82, 2.24) is 10.3 Å². The Labute approximate surface area is 118 Å². The number of anilines is 1. The van der Waals surface area contributed by atoms with E-state index in [1.165, 1.54) is 0 Å². The number of piperidine rings is 1. The van der Waals surface area contributed by atoms with Crippen molar-refractivity contribution in [1.29, 1.82) is 0 Å². The zero-order valence-electron chi connectivity index (χ0n) is 11.1. The minimum absolute atomic E-state index is 0.0980. The minimum Gasteiger partial charge on any atom is -0.378 e. The molecular weight excluding hydrogens is 289 g/mol. The predicted octanol–water partition coefficient (Wildman–Crippen LogP) is 2.56. The van der Waals surface area contributed by atoms with Gasteiger partial charge in [-0.1, -0.05) is 6.42 Å². The highest BCUT2D eigenvalue weighted by Crippen LogP contribution is 2.32. The zero-order valence-corrected chi connectivity index (χ0v) is 11.1. The van der Waals surface area contributed by atoms with Crippen LogP contribution in [0.2, 0.25) is 0 Å². The van der Waals surface area contributed by atoms with Crippen LogP contribution in [0.1, 0.15) is 25.0 Å². The van der Waals surface area contributed by atoms with Gasteiger partial charge in [-0.05, 0) is 25.5 Å². The molecule has 116 valence electrons. The highest BCUT2D eigenvalue weighted by Gasteiger charge is 2.34. The molecule has 0 amide bonds. The fraction of sp³-hybridized carbons (Fsp3) is 0.583. The molecule has 21 heavy (non-hydrogen) atoms. The molecule has 1 aliphatic heterocycles. The Morgan fingerprint density at radius 1 is 1.48 bits per heavy atom. The van der Waals surface area contributed by atoms with E-state index < -0.39 is 22.5 Å². The summed E-state index contributed by atoms with van der Waals surface area (Å²) in [5, 5.41) is 16.8. The molecule has 1 aromatic heterocycles. The van der Waals surface area contributed by atoms with Crippen molar-refractivity contribution >= 4 is 11.4 Å². The molecule has 9 heteroatoms. The Balaban J connectivity index is 2.16. The third kappa shape index (κ3) is 4.03. The van der Waals surface area contributed by atoms with Crippen molar-refractivity contribution in [3.8, 4) is 0 Å². The average Bonchev–Trinajstić information content (AvgIpc) is 2.45. The van der Waals surface area contributed by atoms with Gasteiger partial charge in [0.15, 0.2) is 0 Å². The van der Waals surface area contributed by atoms with Crippen LogP contribution >= 0.6 is 0 Å². The lowest BCUT2D eigenvalue weighted by Gasteiger charge is -2.24. The largest absolute Gasteiger partial charge is 0.433 e. The summed E-state index contributed by atoms with van der Waals surface area (Å²) in [5.74, 6) is 0. The summed E-state index contributed by atoms with van der Waals surface area (Å²) in [6, 6.07) is 0.780. The fourth-order valence-electron chi connectivity index (χ4n) is 2.22. The number of hydrogen-bond acceptors (Lipinski definition) is 5. The molecule has 0 aliphatic carbocycles. The maximum absolute atomic E-state index is 12.6. The fourth-order valence-corrected chi connectivity index (χ4v) is 2.22. The van der Waals surface area contributed by atoms with Crippen molar-refractivity contribution < 1.29 is 18.1 Å². The normalized spacial score (nSPS) is 19.3. The third-order valence-electron chi connectivity index (χ3n) is 3.32. The summed E-state index contributed by atoms with van der Waals surface area (Å²) in [6.45, 7) is 1.18. The average molecular weight is 304 g/mol. The second kappa shape index (κ2) is 6.25. The summed E-state index contributed by atoms with van der Waals surface area (Å²) >= 11 is 0. The van der Waals surface area contributed by atoms with Gasteiger partial charge in [0.2, 0.25) is 0 Å². The van der Waals surface area contributed by atoms with Gasteiger partial charge in [-0.2, -0.15) is 13.2 Å². The Morgan fingerprint density at radius 3 is 2.81 bits per heavy atom. The molecule has 6 nitrogen and oxygen atoms in total. The van der Waals surface area contributed by atoms with Crippen LogP contribution in [0.3, 0.4) is 0 Å². The van der Waals surface area contributed by atoms with Gasteiger partial charge in [-0.25, -0.2) is 4.98 Å². The monoisotopic (exact) mass is 304 g/mol. The second-order valence-electron chi connectivity index (χ2n) is 4.87. The van der Waals surface area contributed by atoms with Gasteiger partial charge in [-0.15, -0.1) is 0 Å². The number of halogens is 3. The highest BCUT2D eigenvalue weighted by atomic mass is 19.4. The maximum Gasteiger partial charge on any atom is 0.433 e. The molecule has 0 bridgehead atoms. The van der Waals surface area contributed by atoms with Gasteiger partial charge in [0.1, 0.15) is 17.6 Å². The number of nitrogens with zero attached hydrogens (tertiary/aromatic N) is 2. The SMILES string of the molecule is O=[N+]([O-])c1cnc(C(F)(F)F)cc1NCC1CCCCN1. The summed E-state index contributed by atoms with van der Waals surface area (Å²) in [6.07, 6.45) is -1.01. The lowest BCUT2D eigenvalue weighted by Crippen LogP contribution is -2.39. The van der Waals surface area contributed by atoms with E-state index in [0.29, 0.717) is 18.8 Å². The molecule has 0 radical (unpaired) electrons. The van der Waals surface area contributed by atoms with Crippen LogP contribution in [0, 0.1) is 10.1 Å². The highest BCUT2D eigenvalue weighted by molar-refractivity contribution is 5.61. The van der Waals surface area contributed by atoms with Crippen LogP contribution in [-0.2, 0) is 6.18 Å². The van der Waals surface area contributed by atoms with Crippen molar-refractivity contribution in [2.75, 3.05) is 18.4 Å². The number of aromatic nitrogens is 1. The minimum atomic E-state index is -4.63. The van der Waals surface area contributed by atoms with E-state index >= 15 is 0 Å². The first-order valence-electron chi connectivity index (χ1n) is 6.57. The Hall–Kier alpha value is -1.90. The molecule has 0 saturated carbocycles. The van der Waals surface area contributed by atoms with E-state index in [9.17, 15) is 23.3 Å². The van der Waals surface area contributed by atoms with Crippen molar-refractivity contribution in [2.45, 2.75) is 31.5 Å². The number of hydrogen-bond donors (Lipinski definition) is 2. The molecule has 1 unspecified atom stereocenters. The quantitative estimate of drug-likeness (QED) is 0.660. The molecule has 1 atom stereocenters. The molecule has 0 aromatic carbocycles. The Bertz CT molecular complexity index is 516. The number of pyridine rings is 1. The van der Waals surface area contributed by atoms with Crippen LogP contribution in [0.5, 0.6) is 0 Å². The standard InChI is InChI=1S/C12H15F3N4O2/c13-12(14,15)11-5-9(10(7-18-11)19(20)21)17-6-8-3-1-2-4-16-8/h5,7-8,16H,1-4,6H2,(H,17,18). The number of nitrogens with one attached hydrogen (secondary N) is 2. The number of rotatable bonds is 4. The molecule has 1 aliphatic rings.